The van der Waals surface area contributed by atoms with Crippen molar-refractivity contribution >= 4 is 10.9 Å². The fraction of sp³-hybridized carbons (Fsp3) is 0.250. The van der Waals surface area contributed by atoms with E-state index in [9.17, 15) is 0 Å². The SMILES string of the molecule is Cc1cnc2ccccc2c1-c1nocc1C(C)C. The van der Waals surface area contributed by atoms with Crippen molar-refractivity contribution in [3.8, 4) is 11.3 Å². The fourth-order valence-corrected chi connectivity index (χ4v) is 2.40. The summed E-state index contributed by atoms with van der Waals surface area (Å²) < 4.78 is 5.19. The normalized spacial score (nSPS) is 11.4. The van der Waals surface area contributed by atoms with E-state index >= 15 is 0 Å². The third kappa shape index (κ3) is 1.91. The van der Waals surface area contributed by atoms with E-state index in [1.807, 2.05) is 24.4 Å². The van der Waals surface area contributed by atoms with Crippen LogP contribution in [0.25, 0.3) is 22.2 Å². The first-order chi connectivity index (χ1) is 9.18. The van der Waals surface area contributed by atoms with Gasteiger partial charge in [-0.1, -0.05) is 37.2 Å². The van der Waals surface area contributed by atoms with Crippen LogP contribution in [-0.2, 0) is 0 Å². The molecule has 0 unspecified atom stereocenters. The molecule has 2 aromatic heterocycles. The lowest BCUT2D eigenvalue weighted by Crippen LogP contribution is -1.94. The molecule has 0 atom stereocenters. The summed E-state index contributed by atoms with van der Waals surface area (Å²) in [5, 5.41) is 5.34. The van der Waals surface area contributed by atoms with Gasteiger partial charge in [0.25, 0.3) is 0 Å². The average Bonchev–Trinajstić information content (AvgIpc) is 2.87. The van der Waals surface area contributed by atoms with Crippen LogP contribution in [0.1, 0.15) is 30.9 Å². The minimum atomic E-state index is 0.382. The van der Waals surface area contributed by atoms with E-state index in [0.29, 0.717) is 5.92 Å². The lowest BCUT2D eigenvalue weighted by atomic mass is 9.95. The zero-order valence-corrected chi connectivity index (χ0v) is 11.3. The van der Waals surface area contributed by atoms with Gasteiger partial charge in [-0.2, -0.15) is 0 Å². The molecular weight excluding hydrogens is 236 g/mol. The predicted octanol–water partition coefficient (Wildman–Crippen LogP) is 4.32. The highest BCUT2D eigenvalue weighted by atomic mass is 16.5. The molecule has 3 rings (SSSR count). The van der Waals surface area contributed by atoms with E-state index in [4.69, 9.17) is 4.52 Å². The highest BCUT2D eigenvalue weighted by molar-refractivity contribution is 5.95. The first kappa shape index (κ1) is 11.9. The lowest BCUT2D eigenvalue weighted by Gasteiger charge is -2.10. The highest BCUT2D eigenvalue weighted by Gasteiger charge is 2.17. The van der Waals surface area contributed by atoms with Crippen molar-refractivity contribution in [2.75, 3.05) is 0 Å². The van der Waals surface area contributed by atoms with Gasteiger partial charge in [-0.25, -0.2) is 0 Å². The molecule has 0 spiro atoms. The van der Waals surface area contributed by atoms with E-state index in [1.165, 1.54) is 0 Å². The summed E-state index contributed by atoms with van der Waals surface area (Å²) in [7, 11) is 0. The molecule has 0 bridgehead atoms. The van der Waals surface area contributed by atoms with Crippen molar-refractivity contribution in [1.82, 2.24) is 10.1 Å². The van der Waals surface area contributed by atoms with Gasteiger partial charge >= 0.3 is 0 Å². The Kier molecular flexibility index (Phi) is 2.82. The van der Waals surface area contributed by atoms with Crippen LogP contribution in [0.3, 0.4) is 0 Å². The van der Waals surface area contributed by atoms with Crippen molar-refractivity contribution in [2.24, 2.45) is 0 Å². The quantitative estimate of drug-likeness (QED) is 0.681. The molecule has 0 radical (unpaired) electrons. The Labute approximate surface area is 112 Å². The van der Waals surface area contributed by atoms with Gasteiger partial charge in [0.1, 0.15) is 12.0 Å². The van der Waals surface area contributed by atoms with Crippen molar-refractivity contribution in [3.05, 3.63) is 47.9 Å². The van der Waals surface area contributed by atoms with Crippen LogP contribution in [0.15, 0.2) is 41.2 Å². The van der Waals surface area contributed by atoms with Crippen LogP contribution >= 0.6 is 0 Å². The molecule has 3 aromatic rings. The minimum absolute atomic E-state index is 0.382. The summed E-state index contributed by atoms with van der Waals surface area (Å²) in [6, 6.07) is 8.14. The number of para-hydroxylation sites is 1. The van der Waals surface area contributed by atoms with Crippen molar-refractivity contribution in [1.29, 1.82) is 0 Å². The number of hydrogen-bond donors (Lipinski definition) is 0. The van der Waals surface area contributed by atoms with Gasteiger partial charge in [0.2, 0.25) is 0 Å². The van der Waals surface area contributed by atoms with Crippen LogP contribution in [0.4, 0.5) is 0 Å². The molecule has 0 aliphatic rings. The smallest absolute Gasteiger partial charge is 0.127 e. The van der Waals surface area contributed by atoms with Crippen LogP contribution in [0, 0.1) is 6.92 Å². The van der Waals surface area contributed by atoms with Crippen molar-refractivity contribution < 1.29 is 4.52 Å². The number of nitrogens with zero attached hydrogens (tertiary/aromatic N) is 2. The van der Waals surface area contributed by atoms with Gasteiger partial charge in [0.05, 0.1) is 5.52 Å². The molecule has 0 saturated carbocycles. The molecule has 0 aliphatic carbocycles. The van der Waals surface area contributed by atoms with E-state index in [-0.39, 0.29) is 0 Å². The van der Waals surface area contributed by atoms with Gasteiger partial charge in [-0.3, -0.25) is 4.98 Å². The maximum absolute atomic E-state index is 5.19. The van der Waals surface area contributed by atoms with Gasteiger partial charge < -0.3 is 4.52 Å². The molecular formula is C16H16N2O. The number of aromatic nitrogens is 2. The standard InChI is InChI=1S/C16H16N2O/c1-10(2)13-9-19-18-16(13)15-11(3)8-17-14-7-5-4-6-12(14)15/h4-10H,1-3H3. The second-order valence-electron chi connectivity index (χ2n) is 5.11. The molecule has 3 heteroatoms. The molecule has 0 fully saturated rings. The number of hydrogen-bond acceptors (Lipinski definition) is 3. The molecule has 0 amide bonds. The second-order valence-corrected chi connectivity index (χ2v) is 5.11. The first-order valence-corrected chi connectivity index (χ1v) is 6.47. The Hall–Kier alpha value is -2.16. The largest absolute Gasteiger partial charge is 0.364 e. The topological polar surface area (TPSA) is 38.9 Å². The summed E-state index contributed by atoms with van der Waals surface area (Å²) >= 11 is 0. The molecule has 3 nitrogen and oxygen atoms in total. The van der Waals surface area contributed by atoms with Crippen LogP contribution < -0.4 is 0 Å². The predicted molar refractivity (Wildman–Crippen MR) is 76.1 cm³/mol. The van der Waals surface area contributed by atoms with E-state index in [2.05, 4.69) is 37.0 Å². The van der Waals surface area contributed by atoms with Gasteiger partial charge in [-0.15, -0.1) is 0 Å². The third-order valence-electron chi connectivity index (χ3n) is 3.42. The second kappa shape index (κ2) is 4.50. The molecule has 19 heavy (non-hydrogen) atoms. The monoisotopic (exact) mass is 252 g/mol. The Bertz CT molecular complexity index is 728. The summed E-state index contributed by atoms with van der Waals surface area (Å²) in [6.07, 6.45) is 3.64. The van der Waals surface area contributed by atoms with Gasteiger partial charge in [0, 0.05) is 22.7 Å². The number of pyridine rings is 1. The minimum Gasteiger partial charge on any atom is -0.364 e. The average molecular weight is 252 g/mol. The molecule has 0 N–H and O–H groups in total. The zero-order valence-electron chi connectivity index (χ0n) is 11.3. The highest BCUT2D eigenvalue weighted by Crippen LogP contribution is 2.34. The number of rotatable bonds is 2. The molecule has 1 aromatic carbocycles. The molecule has 96 valence electrons. The Morgan fingerprint density at radius 1 is 1.16 bits per heavy atom. The molecule has 2 heterocycles. The summed E-state index contributed by atoms with van der Waals surface area (Å²) in [5.74, 6) is 0.382. The summed E-state index contributed by atoms with van der Waals surface area (Å²) in [4.78, 5) is 4.47. The molecule has 0 saturated heterocycles. The zero-order chi connectivity index (χ0) is 13.4. The maximum atomic E-state index is 5.19. The number of fused-ring (bicyclic) bond motifs is 1. The van der Waals surface area contributed by atoms with E-state index in [0.717, 1.165) is 33.3 Å². The van der Waals surface area contributed by atoms with E-state index in [1.54, 1.807) is 6.26 Å². The van der Waals surface area contributed by atoms with Crippen LogP contribution in [0.5, 0.6) is 0 Å². The lowest BCUT2D eigenvalue weighted by molar-refractivity contribution is 0.421. The first-order valence-electron chi connectivity index (χ1n) is 6.47. The maximum Gasteiger partial charge on any atom is 0.127 e. The summed E-state index contributed by atoms with van der Waals surface area (Å²) in [6.45, 7) is 6.36. The third-order valence-corrected chi connectivity index (χ3v) is 3.42. The van der Waals surface area contributed by atoms with Gasteiger partial charge in [-0.05, 0) is 24.5 Å². The van der Waals surface area contributed by atoms with Crippen molar-refractivity contribution in [2.45, 2.75) is 26.7 Å². The van der Waals surface area contributed by atoms with Crippen molar-refractivity contribution in [3.63, 3.8) is 0 Å². The fourth-order valence-electron chi connectivity index (χ4n) is 2.40. The Morgan fingerprint density at radius 2 is 1.95 bits per heavy atom. The van der Waals surface area contributed by atoms with Gasteiger partial charge in [0.15, 0.2) is 0 Å². The Balaban J connectivity index is 2.35. The van der Waals surface area contributed by atoms with E-state index < -0.39 is 0 Å². The number of aryl methyl sites for hydroxylation is 1. The molecule has 0 aliphatic heterocycles. The van der Waals surface area contributed by atoms with Crippen LogP contribution in [0.2, 0.25) is 0 Å². The van der Waals surface area contributed by atoms with Crippen LogP contribution in [-0.4, -0.2) is 10.1 Å². The summed E-state index contributed by atoms with van der Waals surface area (Å²) in [5.41, 5.74) is 5.31. The number of benzene rings is 1. The Morgan fingerprint density at radius 3 is 2.74 bits per heavy atom.